The van der Waals surface area contributed by atoms with E-state index >= 15 is 0 Å². The van der Waals surface area contributed by atoms with Gasteiger partial charge in [-0.2, -0.15) is 0 Å². The van der Waals surface area contributed by atoms with Gasteiger partial charge in [0.2, 0.25) is 0 Å². The summed E-state index contributed by atoms with van der Waals surface area (Å²) in [5, 5.41) is 8.93. The third-order valence-corrected chi connectivity index (χ3v) is 3.10. The van der Waals surface area contributed by atoms with Crippen molar-refractivity contribution in [1.82, 2.24) is 4.90 Å². The van der Waals surface area contributed by atoms with Gasteiger partial charge in [-0.15, -0.1) is 0 Å². The van der Waals surface area contributed by atoms with E-state index in [1.54, 1.807) is 0 Å². The summed E-state index contributed by atoms with van der Waals surface area (Å²) in [6, 6.07) is 0.799. The molecule has 1 N–H and O–H groups in total. The van der Waals surface area contributed by atoms with Crippen LogP contribution >= 0.6 is 0 Å². The molecule has 0 spiro atoms. The van der Waals surface area contributed by atoms with Gasteiger partial charge in [0.05, 0.1) is 6.61 Å². The zero-order valence-corrected chi connectivity index (χ0v) is 9.00. The molecule has 1 fully saturated rings. The lowest BCUT2D eigenvalue weighted by Gasteiger charge is -2.25. The van der Waals surface area contributed by atoms with E-state index in [9.17, 15) is 0 Å². The molecule has 0 aromatic carbocycles. The summed E-state index contributed by atoms with van der Waals surface area (Å²) in [5.74, 6) is 0.826. The highest BCUT2D eigenvalue weighted by atomic mass is 16.3. The quantitative estimate of drug-likeness (QED) is 0.654. The predicted molar refractivity (Wildman–Crippen MR) is 55.8 cm³/mol. The third kappa shape index (κ3) is 3.65. The Kier molecular flexibility index (Phi) is 4.74. The van der Waals surface area contributed by atoms with Crippen LogP contribution in [-0.4, -0.2) is 35.7 Å². The van der Waals surface area contributed by atoms with E-state index in [0.717, 1.165) is 18.5 Å². The number of hydrogen-bond acceptors (Lipinski definition) is 2. The van der Waals surface area contributed by atoms with Crippen LogP contribution in [0.2, 0.25) is 0 Å². The minimum absolute atomic E-state index is 0.316. The highest BCUT2D eigenvalue weighted by Crippen LogP contribution is 2.27. The highest BCUT2D eigenvalue weighted by Gasteiger charge is 2.29. The maximum atomic E-state index is 8.93. The topological polar surface area (TPSA) is 23.5 Å². The molecule has 0 aliphatic heterocycles. The lowest BCUT2D eigenvalue weighted by molar-refractivity contribution is 0.165. The van der Waals surface area contributed by atoms with Crippen molar-refractivity contribution in [2.75, 3.05) is 19.7 Å². The van der Waals surface area contributed by atoms with Crippen LogP contribution in [-0.2, 0) is 0 Å². The zero-order chi connectivity index (χ0) is 9.68. The molecule has 0 heterocycles. The van der Waals surface area contributed by atoms with Gasteiger partial charge in [-0.1, -0.05) is 26.7 Å². The maximum absolute atomic E-state index is 8.93. The first-order valence-corrected chi connectivity index (χ1v) is 5.66. The summed E-state index contributed by atoms with van der Waals surface area (Å²) in [5.41, 5.74) is 0. The number of rotatable bonds is 7. The molecule has 1 aliphatic carbocycles. The molecule has 0 atom stereocenters. The molecule has 2 heteroatoms. The van der Waals surface area contributed by atoms with E-state index in [-0.39, 0.29) is 0 Å². The van der Waals surface area contributed by atoms with Gasteiger partial charge >= 0.3 is 0 Å². The standard InChI is InChI=1S/C11H23NO/c1-3-10(4-2)9-12(7-8-13)11-5-6-11/h10-11,13H,3-9H2,1-2H3. The van der Waals surface area contributed by atoms with Gasteiger partial charge in [-0.05, 0) is 18.8 Å². The second kappa shape index (κ2) is 5.61. The molecule has 0 amide bonds. The summed E-state index contributed by atoms with van der Waals surface area (Å²) < 4.78 is 0. The van der Waals surface area contributed by atoms with Crippen molar-refractivity contribution in [3.63, 3.8) is 0 Å². The Morgan fingerprint density at radius 2 is 1.92 bits per heavy atom. The minimum atomic E-state index is 0.316. The molecule has 78 valence electrons. The van der Waals surface area contributed by atoms with Gasteiger partial charge in [0.15, 0.2) is 0 Å². The van der Waals surface area contributed by atoms with E-state index in [0.29, 0.717) is 6.61 Å². The number of aliphatic hydroxyl groups excluding tert-OH is 1. The van der Waals surface area contributed by atoms with E-state index in [4.69, 9.17) is 5.11 Å². The van der Waals surface area contributed by atoms with Crippen molar-refractivity contribution in [2.45, 2.75) is 45.6 Å². The van der Waals surface area contributed by atoms with Crippen LogP contribution in [0.4, 0.5) is 0 Å². The van der Waals surface area contributed by atoms with E-state index in [1.807, 2.05) is 0 Å². The van der Waals surface area contributed by atoms with Crippen molar-refractivity contribution in [3.8, 4) is 0 Å². The normalized spacial score (nSPS) is 17.3. The fraction of sp³-hybridized carbons (Fsp3) is 1.00. The molecular weight excluding hydrogens is 162 g/mol. The van der Waals surface area contributed by atoms with E-state index in [2.05, 4.69) is 18.7 Å². The fourth-order valence-corrected chi connectivity index (χ4v) is 1.87. The molecule has 0 aromatic heterocycles. The number of nitrogens with zero attached hydrogens (tertiary/aromatic N) is 1. The average molecular weight is 185 g/mol. The molecular formula is C11H23NO. The molecule has 1 aliphatic rings. The van der Waals surface area contributed by atoms with Crippen molar-refractivity contribution in [1.29, 1.82) is 0 Å². The van der Waals surface area contributed by atoms with Gasteiger partial charge in [-0.3, -0.25) is 4.90 Å². The predicted octanol–water partition coefficient (Wildman–Crippen LogP) is 1.88. The Morgan fingerprint density at radius 1 is 1.31 bits per heavy atom. The van der Waals surface area contributed by atoms with E-state index < -0.39 is 0 Å². The largest absolute Gasteiger partial charge is 0.395 e. The van der Waals surface area contributed by atoms with Crippen molar-refractivity contribution >= 4 is 0 Å². The minimum Gasteiger partial charge on any atom is -0.395 e. The molecule has 0 bridgehead atoms. The van der Waals surface area contributed by atoms with Gasteiger partial charge in [-0.25, -0.2) is 0 Å². The molecule has 0 radical (unpaired) electrons. The maximum Gasteiger partial charge on any atom is 0.0558 e. The molecule has 0 saturated heterocycles. The van der Waals surface area contributed by atoms with Gasteiger partial charge in [0.25, 0.3) is 0 Å². The van der Waals surface area contributed by atoms with Gasteiger partial charge in [0, 0.05) is 19.1 Å². The Labute approximate surface area is 81.9 Å². The lowest BCUT2D eigenvalue weighted by Crippen LogP contribution is -2.33. The smallest absolute Gasteiger partial charge is 0.0558 e. The summed E-state index contributed by atoms with van der Waals surface area (Å²) in [6.45, 7) is 6.91. The first-order valence-electron chi connectivity index (χ1n) is 5.66. The van der Waals surface area contributed by atoms with Crippen molar-refractivity contribution in [3.05, 3.63) is 0 Å². The van der Waals surface area contributed by atoms with Crippen LogP contribution in [0.3, 0.4) is 0 Å². The monoisotopic (exact) mass is 185 g/mol. The second-order valence-corrected chi connectivity index (χ2v) is 4.13. The van der Waals surface area contributed by atoms with Crippen LogP contribution in [0.15, 0.2) is 0 Å². The Balaban J connectivity index is 2.27. The second-order valence-electron chi connectivity index (χ2n) is 4.13. The molecule has 0 unspecified atom stereocenters. The Bertz CT molecular complexity index is 130. The Hall–Kier alpha value is -0.0800. The van der Waals surface area contributed by atoms with Crippen LogP contribution in [0.5, 0.6) is 0 Å². The van der Waals surface area contributed by atoms with Crippen LogP contribution in [0, 0.1) is 5.92 Å². The molecule has 2 nitrogen and oxygen atoms in total. The van der Waals surface area contributed by atoms with Gasteiger partial charge in [0.1, 0.15) is 0 Å². The summed E-state index contributed by atoms with van der Waals surface area (Å²) in [4.78, 5) is 2.47. The first kappa shape index (κ1) is 11.0. The summed E-state index contributed by atoms with van der Waals surface area (Å²) in [6.07, 6.45) is 5.23. The summed E-state index contributed by atoms with van der Waals surface area (Å²) in [7, 11) is 0. The first-order chi connectivity index (χ1) is 6.31. The summed E-state index contributed by atoms with van der Waals surface area (Å²) >= 11 is 0. The third-order valence-electron chi connectivity index (χ3n) is 3.10. The zero-order valence-electron chi connectivity index (χ0n) is 9.00. The van der Waals surface area contributed by atoms with Crippen LogP contribution in [0.25, 0.3) is 0 Å². The van der Waals surface area contributed by atoms with E-state index in [1.165, 1.54) is 32.2 Å². The molecule has 1 rings (SSSR count). The SMILES string of the molecule is CCC(CC)CN(CCO)C1CC1. The molecule has 13 heavy (non-hydrogen) atoms. The number of aliphatic hydroxyl groups is 1. The molecule has 0 aromatic rings. The average Bonchev–Trinajstić information content (AvgIpc) is 2.95. The van der Waals surface area contributed by atoms with Crippen LogP contribution in [0.1, 0.15) is 39.5 Å². The van der Waals surface area contributed by atoms with Crippen molar-refractivity contribution in [2.24, 2.45) is 5.92 Å². The van der Waals surface area contributed by atoms with Crippen molar-refractivity contribution < 1.29 is 5.11 Å². The highest BCUT2D eigenvalue weighted by molar-refractivity contribution is 4.85. The fourth-order valence-electron chi connectivity index (χ4n) is 1.87. The molecule has 1 saturated carbocycles. The Morgan fingerprint density at radius 3 is 2.31 bits per heavy atom. The number of hydrogen-bond donors (Lipinski definition) is 1. The van der Waals surface area contributed by atoms with Crippen LogP contribution < -0.4 is 0 Å². The lowest BCUT2D eigenvalue weighted by atomic mass is 10.0. The van der Waals surface area contributed by atoms with Gasteiger partial charge < -0.3 is 5.11 Å².